The third-order valence-electron chi connectivity index (χ3n) is 4.88. The van der Waals surface area contributed by atoms with Crippen LogP contribution in [0.1, 0.15) is 13.8 Å². The molecule has 0 heterocycles. The Morgan fingerprint density at radius 2 is 1.63 bits per heavy atom. The fourth-order valence-corrected chi connectivity index (χ4v) is 3.60. The number of phenolic OH excluding ortho intramolecular Hbond substituents is 1. The molecule has 1 unspecified atom stereocenters. The predicted molar refractivity (Wildman–Crippen MR) is 129 cm³/mol. The second-order valence-corrected chi connectivity index (χ2v) is 7.88. The summed E-state index contributed by atoms with van der Waals surface area (Å²) in [6, 6.07) is 17.4. The van der Waals surface area contributed by atoms with Crippen LogP contribution in [-0.4, -0.2) is 25.9 Å². The van der Waals surface area contributed by atoms with Crippen LogP contribution in [0.3, 0.4) is 0 Å². The van der Waals surface area contributed by atoms with Crippen LogP contribution in [0.4, 0.5) is 5.69 Å². The molecule has 0 aliphatic carbocycles. The molecule has 3 rings (SSSR count). The molecular weight excluding hydrogens is 393 g/mol. The highest BCUT2D eigenvalue weighted by Gasteiger charge is 2.14. The van der Waals surface area contributed by atoms with Crippen LogP contribution in [0.2, 0.25) is 0 Å². The van der Waals surface area contributed by atoms with Crippen LogP contribution < -0.4 is 20.1 Å². The summed E-state index contributed by atoms with van der Waals surface area (Å²) in [4.78, 5) is 0. The molecule has 0 amide bonds. The normalized spacial score (nSPS) is 10.4. The summed E-state index contributed by atoms with van der Waals surface area (Å²) in [5, 5.41) is 15.2. The Morgan fingerprint density at radius 1 is 0.933 bits per heavy atom. The van der Waals surface area contributed by atoms with Gasteiger partial charge >= 0.3 is 0 Å². The second kappa shape index (κ2) is 9.69. The Morgan fingerprint density at radius 3 is 2.23 bits per heavy atom. The van der Waals surface area contributed by atoms with E-state index in [1.807, 2.05) is 42.5 Å². The average molecular weight is 421 g/mol. The number of aromatic hydroxyl groups is 1. The van der Waals surface area contributed by atoms with E-state index >= 15 is 0 Å². The number of hydrogen-bond donors (Lipinski definition) is 2. The van der Waals surface area contributed by atoms with E-state index in [9.17, 15) is 5.11 Å². The summed E-state index contributed by atoms with van der Waals surface area (Å²) in [5.74, 6) is 1.67. The highest BCUT2D eigenvalue weighted by atomic mass is 31.0. The van der Waals surface area contributed by atoms with Gasteiger partial charge in [0.2, 0.25) is 0 Å². The first kappa shape index (κ1) is 21.7. The molecule has 5 heteroatoms. The summed E-state index contributed by atoms with van der Waals surface area (Å²) < 4.78 is 10.9. The number of ether oxygens (including phenoxy) is 2. The quantitative estimate of drug-likeness (QED) is 0.384. The van der Waals surface area contributed by atoms with Gasteiger partial charge in [-0.25, -0.2) is 0 Å². The van der Waals surface area contributed by atoms with Crippen molar-refractivity contribution >= 4 is 20.2 Å². The number of allylic oxidation sites excluding steroid dienone is 1. The molecule has 4 nitrogen and oxygen atoms in total. The summed E-state index contributed by atoms with van der Waals surface area (Å²) in [6.45, 7) is 4.95. The number of hydrogen-bond acceptors (Lipinski definition) is 4. The van der Waals surface area contributed by atoms with Gasteiger partial charge in [0.1, 0.15) is 17.2 Å². The van der Waals surface area contributed by atoms with Gasteiger partial charge in [0.25, 0.3) is 0 Å². The maximum atomic E-state index is 10.7. The van der Waals surface area contributed by atoms with Crippen molar-refractivity contribution in [2.75, 3.05) is 26.1 Å². The van der Waals surface area contributed by atoms with Crippen LogP contribution in [0.25, 0.3) is 22.3 Å². The Balaban J connectivity index is 1.95. The molecule has 2 N–H and O–H groups in total. The third kappa shape index (κ3) is 4.95. The van der Waals surface area contributed by atoms with Crippen LogP contribution in [0.15, 0.2) is 66.2 Å². The fraction of sp³-hybridized carbons (Fsp3) is 0.200. The molecule has 0 aliphatic rings. The second-order valence-electron chi connectivity index (χ2n) is 7.26. The minimum Gasteiger partial charge on any atom is -0.507 e. The number of nitrogens with one attached hydrogen (secondary N) is 1. The SMILES string of the molecule is COc1ccc(-c2cc(OC)c(-c3ccc(NCC=C(C)C)c(P)c3)cc2O)cc1. The molecule has 0 fully saturated rings. The van der Waals surface area contributed by atoms with Crippen molar-refractivity contribution in [1.82, 2.24) is 0 Å². The molecule has 0 aliphatic heterocycles. The van der Waals surface area contributed by atoms with Crippen molar-refractivity contribution in [3.63, 3.8) is 0 Å². The molecule has 0 spiro atoms. The van der Waals surface area contributed by atoms with Crippen molar-refractivity contribution in [3.05, 3.63) is 66.2 Å². The molecular formula is C25H28NO3P. The van der Waals surface area contributed by atoms with Gasteiger partial charge in [-0.15, -0.1) is 9.24 Å². The lowest BCUT2D eigenvalue weighted by Crippen LogP contribution is -2.07. The van der Waals surface area contributed by atoms with E-state index in [-0.39, 0.29) is 5.75 Å². The zero-order valence-corrected chi connectivity index (χ0v) is 19.0. The monoisotopic (exact) mass is 421 g/mol. The summed E-state index contributed by atoms with van der Waals surface area (Å²) >= 11 is 0. The van der Waals surface area contributed by atoms with Crippen molar-refractivity contribution in [3.8, 4) is 39.5 Å². The number of methoxy groups -OCH3 is 2. The average Bonchev–Trinajstić information content (AvgIpc) is 2.74. The molecule has 1 atom stereocenters. The zero-order chi connectivity index (χ0) is 21.7. The van der Waals surface area contributed by atoms with E-state index in [2.05, 4.69) is 40.5 Å². The van der Waals surface area contributed by atoms with E-state index < -0.39 is 0 Å². The number of benzene rings is 3. The molecule has 0 saturated carbocycles. The Bertz CT molecular complexity index is 1050. The Labute approximate surface area is 180 Å². The lowest BCUT2D eigenvalue weighted by molar-refractivity contribution is 0.414. The first-order valence-corrected chi connectivity index (χ1v) is 10.3. The summed E-state index contributed by atoms with van der Waals surface area (Å²) in [6.07, 6.45) is 2.15. The maximum Gasteiger partial charge on any atom is 0.127 e. The molecule has 0 radical (unpaired) electrons. The minimum absolute atomic E-state index is 0.201. The van der Waals surface area contributed by atoms with E-state index in [1.54, 1.807) is 20.3 Å². The topological polar surface area (TPSA) is 50.7 Å². The predicted octanol–water partition coefficient (Wildman–Crippen LogP) is 5.62. The van der Waals surface area contributed by atoms with Crippen molar-refractivity contribution < 1.29 is 14.6 Å². The highest BCUT2D eigenvalue weighted by molar-refractivity contribution is 7.28. The van der Waals surface area contributed by atoms with E-state index in [0.717, 1.165) is 40.0 Å². The zero-order valence-electron chi connectivity index (χ0n) is 17.8. The molecule has 0 bridgehead atoms. The number of rotatable bonds is 7. The maximum absolute atomic E-state index is 10.7. The third-order valence-corrected chi connectivity index (χ3v) is 5.36. The van der Waals surface area contributed by atoms with Gasteiger partial charge in [-0.05, 0) is 66.7 Å². The van der Waals surface area contributed by atoms with Gasteiger partial charge in [0.15, 0.2) is 0 Å². The highest BCUT2D eigenvalue weighted by Crippen LogP contribution is 2.40. The fourth-order valence-electron chi connectivity index (χ4n) is 3.22. The summed E-state index contributed by atoms with van der Waals surface area (Å²) in [7, 11) is 6.05. The number of phenols is 1. The van der Waals surface area contributed by atoms with E-state index in [1.165, 1.54) is 5.57 Å². The first-order chi connectivity index (χ1) is 14.4. The molecule has 0 aromatic heterocycles. The van der Waals surface area contributed by atoms with Gasteiger partial charge in [0, 0.05) is 23.4 Å². The van der Waals surface area contributed by atoms with Gasteiger partial charge in [-0.3, -0.25) is 0 Å². The lowest BCUT2D eigenvalue weighted by Gasteiger charge is -2.15. The van der Waals surface area contributed by atoms with Crippen LogP contribution in [0, 0.1) is 0 Å². The molecule has 3 aromatic rings. The van der Waals surface area contributed by atoms with Gasteiger partial charge in [0.05, 0.1) is 14.2 Å². The Kier molecular flexibility index (Phi) is 7.02. The van der Waals surface area contributed by atoms with Crippen LogP contribution >= 0.6 is 9.24 Å². The van der Waals surface area contributed by atoms with Gasteiger partial charge in [-0.2, -0.15) is 0 Å². The lowest BCUT2D eigenvalue weighted by atomic mass is 9.97. The van der Waals surface area contributed by atoms with Gasteiger partial charge in [-0.1, -0.05) is 29.8 Å². The Hall–Kier alpha value is -2.97. The summed E-state index contributed by atoms with van der Waals surface area (Å²) in [5.41, 5.74) is 5.75. The van der Waals surface area contributed by atoms with E-state index in [4.69, 9.17) is 9.47 Å². The van der Waals surface area contributed by atoms with Crippen molar-refractivity contribution in [1.29, 1.82) is 0 Å². The van der Waals surface area contributed by atoms with Crippen LogP contribution in [0.5, 0.6) is 17.2 Å². The van der Waals surface area contributed by atoms with E-state index in [0.29, 0.717) is 11.3 Å². The number of anilines is 1. The van der Waals surface area contributed by atoms with Crippen molar-refractivity contribution in [2.45, 2.75) is 13.8 Å². The molecule has 30 heavy (non-hydrogen) atoms. The largest absolute Gasteiger partial charge is 0.507 e. The minimum atomic E-state index is 0.201. The standard InChI is InChI=1S/C25H28NO3P/c1-16(2)11-12-26-22-10-7-18(13-25(22)30)21-14-23(27)20(15-24(21)29-4)17-5-8-19(28-3)9-6-17/h5-11,13-15,26-27H,12,30H2,1-4H3. The molecule has 0 saturated heterocycles. The molecule has 3 aromatic carbocycles. The van der Waals surface area contributed by atoms with Gasteiger partial charge < -0.3 is 19.9 Å². The van der Waals surface area contributed by atoms with Crippen molar-refractivity contribution in [2.24, 2.45) is 0 Å². The first-order valence-electron chi connectivity index (χ1n) is 9.75. The smallest absolute Gasteiger partial charge is 0.127 e. The molecule has 156 valence electrons. The van der Waals surface area contributed by atoms with Crippen LogP contribution in [-0.2, 0) is 0 Å².